The number of hydrogen-bond acceptors (Lipinski definition) is 5. The van der Waals surface area contributed by atoms with Gasteiger partial charge in [0.05, 0.1) is 6.04 Å². The Morgan fingerprint density at radius 1 is 1.58 bits per heavy atom. The highest BCUT2D eigenvalue weighted by molar-refractivity contribution is 7.10. The van der Waals surface area contributed by atoms with E-state index in [4.69, 9.17) is 0 Å². The van der Waals surface area contributed by atoms with E-state index in [0.717, 1.165) is 19.4 Å². The number of tetrazole rings is 1. The highest BCUT2D eigenvalue weighted by Gasteiger charge is 2.30. The number of rotatable bonds is 3. The first-order valence-electron chi connectivity index (χ1n) is 6.36. The summed E-state index contributed by atoms with van der Waals surface area (Å²) in [5, 5.41) is 13.0. The Balaban J connectivity index is 1.79. The van der Waals surface area contributed by atoms with E-state index in [1.54, 1.807) is 11.3 Å². The van der Waals surface area contributed by atoms with Crippen molar-refractivity contribution in [2.24, 2.45) is 0 Å². The maximum Gasteiger partial charge on any atom is 0.244 e. The molecule has 100 valence electrons. The van der Waals surface area contributed by atoms with E-state index in [1.807, 2.05) is 4.90 Å². The van der Waals surface area contributed by atoms with Crippen LogP contribution in [0.5, 0.6) is 0 Å². The number of thiophene rings is 1. The van der Waals surface area contributed by atoms with E-state index in [1.165, 1.54) is 21.4 Å². The summed E-state index contributed by atoms with van der Waals surface area (Å²) in [7, 11) is 0. The molecule has 1 atom stereocenters. The summed E-state index contributed by atoms with van der Waals surface area (Å²) < 4.78 is 1.47. The van der Waals surface area contributed by atoms with Crippen LogP contribution < -0.4 is 0 Å². The second-order valence-corrected chi connectivity index (χ2v) is 5.57. The first-order valence-corrected chi connectivity index (χ1v) is 7.24. The number of fused-ring (bicyclic) bond motifs is 1. The van der Waals surface area contributed by atoms with Crippen LogP contribution in [0.1, 0.15) is 29.8 Å². The van der Waals surface area contributed by atoms with Crippen LogP contribution in [0.15, 0.2) is 17.8 Å². The third-order valence-corrected chi connectivity index (χ3v) is 4.49. The van der Waals surface area contributed by atoms with Gasteiger partial charge in [0, 0.05) is 11.4 Å². The number of carbonyl (C=O) groups is 1. The molecular formula is C12H15N5OS. The minimum atomic E-state index is 0.0796. The van der Waals surface area contributed by atoms with Crippen molar-refractivity contribution in [3.63, 3.8) is 0 Å². The second kappa shape index (κ2) is 5.08. The van der Waals surface area contributed by atoms with Gasteiger partial charge in [0.1, 0.15) is 12.9 Å². The van der Waals surface area contributed by atoms with Crippen molar-refractivity contribution in [3.05, 3.63) is 28.2 Å². The van der Waals surface area contributed by atoms with Crippen molar-refractivity contribution in [2.45, 2.75) is 32.4 Å². The van der Waals surface area contributed by atoms with E-state index in [0.29, 0.717) is 0 Å². The Hall–Kier alpha value is -1.76. The summed E-state index contributed by atoms with van der Waals surface area (Å²) in [5.74, 6) is 0.0796. The molecule has 0 saturated carbocycles. The zero-order valence-electron chi connectivity index (χ0n) is 10.7. The lowest BCUT2D eigenvalue weighted by atomic mass is 9.98. The summed E-state index contributed by atoms with van der Waals surface area (Å²) in [6.07, 6.45) is 3.36. The average molecular weight is 277 g/mol. The smallest absolute Gasteiger partial charge is 0.244 e. The molecule has 1 amide bonds. The molecule has 0 spiro atoms. The lowest BCUT2D eigenvalue weighted by Gasteiger charge is -2.35. The Kier molecular flexibility index (Phi) is 3.29. The van der Waals surface area contributed by atoms with Crippen molar-refractivity contribution >= 4 is 17.2 Å². The van der Waals surface area contributed by atoms with Crippen LogP contribution in [0, 0.1) is 0 Å². The first kappa shape index (κ1) is 12.3. The number of hydrogen-bond donors (Lipinski definition) is 0. The quantitative estimate of drug-likeness (QED) is 0.847. The molecule has 0 N–H and O–H groups in total. The molecule has 3 heterocycles. The van der Waals surface area contributed by atoms with Gasteiger partial charge in [-0.3, -0.25) is 4.79 Å². The molecule has 6 nitrogen and oxygen atoms in total. The maximum atomic E-state index is 12.4. The van der Waals surface area contributed by atoms with Crippen molar-refractivity contribution in [2.75, 3.05) is 6.54 Å². The fourth-order valence-electron chi connectivity index (χ4n) is 2.62. The van der Waals surface area contributed by atoms with Crippen molar-refractivity contribution in [1.82, 2.24) is 25.1 Å². The van der Waals surface area contributed by atoms with Gasteiger partial charge in [-0.2, -0.15) is 0 Å². The Bertz CT molecular complexity index is 564. The Morgan fingerprint density at radius 2 is 2.47 bits per heavy atom. The van der Waals surface area contributed by atoms with Gasteiger partial charge in [-0.1, -0.05) is 6.92 Å². The molecule has 0 aromatic carbocycles. The summed E-state index contributed by atoms with van der Waals surface area (Å²) in [5.41, 5.74) is 1.31. The fraction of sp³-hybridized carbons (Fsp3) is 0.500. The number of nitrogens with zero attached hydrogens (tertiary/aromatic N) is 5. The van der Waals surface area contributed by atoms with E-state index >= 15 is 0 Å². The zero-order chi connectivity index (χ0) is 13.2. The standard InChI is InChI=1S/C12H15N5OS/c1-2-10-9-4-6-19-11(9)3-5-17(10)12(18)7-16-8-13-14-15-16/h4,6,8,10H,2-3,5,7H2,1H3/t10-/m0/s1. The molecule has 19 heavy (non-hydrogen) atoms. The predicted molar refractivity (Wildman–Crippen MR) is 70.6 cm³/mol. The molecule has 7 heteroatoms. The molecule has 0 saturated heterocycles. The van der Waals surface area contributed by atoms with E-state index in [9.17, 15) is 4.79 Å². The molecule has 0 radical (unpaired) electrons. The van der Waals surface area contributed by atoms with Gasteiger partial charge >= 0.3 is 0 Å². The topological polar surface area (TPSA) is 63.9 Å². The van der Waals surface area contributed by atoms with Gasteiger partial charge in [0.2, 0.25) is 5.91 Å². The molecule has 0 bridgehead atoms. The molecule has 1 aliphatic rings. The van der Waals surface area contributed by atoms with E-state index in [-0.39, 0.29) is 18.5 Å². The van der Waals surface area contributed by atoms with Crippen molar-refractivity contribution in [1.29, 1.82) is 0 Å². The normalized spacial score (nSPS) is 18.4. The highest BCUT2D eigenvalue weighted by atomic mass is 32.1. The molecule has 0 fully saturated rings. The lowest BCUT2D eigenvalue weighted by Crippen LogP contribution is -2.41. The second-order valence-electron chi connectivity index (χ2n) is 4.57. The summed E-state index contributed by atoms with van der Waals surface area (Å²) in [6.45, 7) is 3.12. The van der Waals surface area contributed by atoms with Crippen LogP contribution in [-0.2, 0) is 17.8 Å². The maximum absolute atomic E-state index is 12.4. The molecule has 0 aliphatic carbocycles. The van der Waals surface area contributed by atoms with Crippen LogP contribution >= 0.6 is 11.3 Å². The van der Waals surface area contributed by atoms with Crippen LogP contribution in [-0.4, -0.2) is 37.6 Å². The van der Waals surface area contributed by atoms with E-state index in [2.05, 4.69) is 33.9 Å². The largest absolute Gasteiger partial charge is 0.334 e. The zero-order valence-corrected chi connectivity index (χ0v) is 11.5. The molecule has 2 aromatic heterocycles. The third-order valence-electron chi connectivity index (χ3n) is 3.49. The summed E-state index contributed by atoms with van der Waals surface area (Å²) in [4.78, 5) is 15.7. The minimum Gasteiger partial charge on any atom is -0.334 e. The fourth-order valence-corrected chi connectivity index (χ4v) is 3.55. The van der Waals surface area contributed by atoms with E-state index < -0.39 is 0 Å². The third kappa shape index (κ3) is 2.25. The molecular weight excluding hydrogens is 262 g/mol. The number of carbonyl (C=O) groups excluding carboxylic acids is 1. The highest BCUT2D eigenvalue weighted by Crippen LogP contribution is 2.35. The average Bonchev–Trinajstić information content (AvgIpc) is 3.07. The molecule has 1 aliphatic heterocycles. The van der Waals surface area contributed by atoms with Crippen molar-refractivity contribution in [3.8, 4) is 0 Å². The van der Waals surface area contributed by atoms with Crippen LogP contribution in [0.2, 0.25) is 0 Å². The van der Waals surface area contributed by atoms with Gasteiger partial charge in [0.15, 0.2) is 0 Å². The van der Waals surface area contributed by atoms with Crippen molar-refractivity contribution < 1.29 is 4.79 Å². The summed E-state index contributed by atoms with van der Waals surface area (Å²) in [6, 6.07) is 2.34. The van der Waals surface area contributed by atoms with Gasteiger partial charge in [-0.25, -0.2) is 4.68 Å². The van der Waals surface area contributed by atoms with Crippen LogP contribution in [0.25, 0.3) is 0 Å². The molecule has 3 rings (SSSR count). The predicted octanol–water partition coefficient (Wildman–Crippen LogP) is 1.27. The Morgan fingerprint density at radius 3 is 3.21 bits per heavy atom. The Labute approximate surface area is 115 Å². The monoisotopic (exact) mass is 277 g/mol. The number of aromatic nitrogens is 4. The van der Waals surface area contributed by atoms with Gasteiger partial charge in [-0.15, -0.1) is 16.4 Å². The molecule has 2 aromatic rings. The van der Waals surface area contributed by atoms with Gasteiger partial charge in [-0.05, 0) is 40.3 Å². The lowest BCUT2D eigenvalue weighted by molar-refractivity contribution is -0.135. The van der Waals surface area contributed by atoms with Gasteiger partial charge < -0.3 is 4.90 Å². The number of amides is 1. The van der Waals surface area contributed by atoms with Crippen LogP contribution in [0.3, 0.4) is 0 Å². The van der Waals surface area contributed by atoms with Gasteiger partial charge in [0.25, 0.3) is 0 Å². The molecule has 0 unspecified atom stereocenters. The summed E-state index contributed by atoms with van der Waals surface area (Å²) >= 11 is 1.79. The SMILES string of the molecule is CC[C@H]1c2ccsc2CCN1C(=O)Cn1cnnn1. The minimum absolute atomic E-state index is 0.0796. The van der Waals surface area contributed by atoms with Crippen LogP contribution in [0.4, 0.5) is 0 Å². The first-order chi connectivity index (χ1) is 9.29.